The summed E-state index contributed by atoms with van der Waals surface area (Å²) in [5.74, 6) is 0. The molecule has 0 fully saturated rings. The number of hydrogen-bond donors (Lipinski definition) is 1. The Bertz CT molecular complexity index is 390. The van der Waals surface area contributed by atoms with Gasteiger partial charge in [0.05, 0.1) is 5.02 Å². The van der Waals surface area contributed by atoms with Gasteiger partial charge in [-0.1, -0.05) is 43.7 Å². The summed E-state index contributed by atoms with van der Waals surface area (Å²) in [6.45, 7) is 9.30. The predicted octanol–water partition coefficient (Wildman–Crippen LogP) is 4.95. The molecule has 0 saturated carbocycles. The van der Waals surface area contributed by atoms with Crippen molar-refractivity contribution < 1.29 is 0 Å². The first-order valence-electron chi connectivity index (χ1n) is 5.93. The van der Waals surface area contributed by atoms with Crippen LogP contribution in [0.4, 0.5) is 0 Å². The van der Waals surface area contributed by atoms with Crippen LogP contribution >= 0.6 is 34.2 Å². The minimum Gasteiger partial charge on any atom is -0.310 e. The van der Waals surface area contributed by atoms with Crippen molar-refractivity contribution in [3.63, 3.8) is 0 Å². The third-order valence-electron chi connectivity index (χ3n) is 2.79. The van der Waals surface area contributed by atoms with Crippen LogP contribution in [0, 0.1) is 3.57 Å². The molecule has 94 valence electrons. The summed E-state index contributed by atoms with van der Waals surface area (Å²) in [6, 6.07) is 6.59. The third kappa shape index (κ3) is 4.60. The molecule has 1 aromatic carbocycles. The van der Waals surface area contributed by atoms with E-state index in [1.54, 1.807) is 0 Å². The number of halogens is 2. The van der Waals surface area contributed by atoms with Gasteiger partial charge < -0.3 is 5.32 Å². The molecular formula is C14H19ClIN. The van der Waals surface area contributed by atoms with Crippen molar-refractivity contribution in [3.8, 4) is 0 Å². The van der Waals surface area contributed by atoms with E-state index in [1.165, 1.54) is 11.1 Å². The summed E-state index contributed by atoms with van der Waals surface area (Å²) in [5.41, 5.74) is 2.51. The Morgan fingerprint density at radius 3 is 2.71 bits per heavy atom. The van der Waals surface area contributed by atoms with Gasteiger partial charge in [0, 0.05) is 9.61 Å². The second kappa shape index (κ2) is 7.39. The lowest BCUT2D eigenvalue weighted by Gasteiger charge is -2.19. The first kappa shape index (κ1) is 15.0. The molecule has 1 rings (SSSR count). The van der Waals surface area contributed by atoms with Crippen LogP contribution in [0.2, 0.25) is 5.02 Å². The molecule has 3 heteroatoms. The molecule has 0 aliphatic carbocycles. The van der Waals surface area contributed by atoms with E-state index in [-0.39, 0.29) is 0 Å². The second-order valence-electron chi connectivity index (χ2n) is 4.09. The largest absolute Gasteiger partial charge is 0.310 e. The Morgan fingerprint density at radius 2 is 2.18 bits per heavy atom. The van der Waals surface area contributed by atoms with Gasteiger partial charge >= 0.3 is 0 Å². The van der Waals surface area contributed by atoms with Gasteiger partial charge in [0.25, 0.3) is 0 Å². The molecule has 0 amide bonds. The Morgan fingerprint density at radius 1 is 1.47 bits per heavy atom. The number of rotatable bonds is 6. The fourth-order valence-corrected chi connectivity index (χ4v) is 2.24. The third-order valence-corrected chi connectivity index (χ3v) is 4.36. The van der Waals surface area contributed by atoms with E-state index in [4.69, 9.17) is 11.6 Å². The Hall–Kier alpha value is -0.0600. The van der Waals surface area contributed by atoms with Crippen LogP contribution in [-0.4, -0.2) is 6.54 Å². The van der Waals surface area contributed by atoms with E-state index < -0.39 is 0 Å². The molecule has 0 saturated heterocycles. The first-order chi connectivity index (χ1) is 8.08. The molecule has 0 aliphatic rings. The number of benzene rings is 1. The molecule has 0 aliphatic heterocycles. The highest BCUT2D eigenvalue weighted by Gasteiger charge is 2.12. The van der Waals surface area contributed by atoms with Crippen molar-refractivity contribution >= 4 is 34.2 Å². The summed E-state index contributed by atoms with van der Waals surface area (Å²) in [5, 5.41) is 4.32. The van der Waals surface area contributed by atoms with E-state index in [2.05, 4.69) is 66.5 Å². The number of hydrogen-bond acceptors (Lipinski definition) is 1. The highest BCUT2D eigenvalue weighted by molar-refractivity contribution is 14.1. The fraction of sp³-hybridized carbons (Fsp3) is 0.429. The van der Waals surface area contributed by atoms with Gasteiger partial charge in [-0.2, -0.15) is 0 Å². The van der Waals surface area contributed by atoms with Gasteiger partial charge in [-0.25, -0.2) is 0 Å². The monoisotopic (exact) mass is 363 g/mol. The summed E-state index contributed by atoms with van der Waals surface area (Å²) in [4.78, 5) is 0. The van der Waals surface area contributed by atoms with Crippen molar-refractivity contribution in [3.05, 3.63) is 44.5 Å². The minimum atomic E-state index is 0.321. The topological polar surface area (TPSA) is 12.0 Å². The fourth-order valence-electron chi connectivity index (χ4n) is 1.72. The van der Waals surface area contributed by atoms with Gasteiger partial charge in [0.1, 0.15) is 0 Å². The van der Waals surface area contributed by atoms with Crippen molar-refractivity contribution in [1.82, 2.24) is 5.32 Å². The summed E-state index contributed by atoms with van der Waals surface area (Å²) in [7, 11) is 0. The zero-order chi connectivity index (χ0) is 12.8. The molecule has 1 nitrogen and oxygen atoms in total. The predicted molar refractivity (Wildman–Crippen MR) is 84.6 cm³/mol. The normalized spacial score (nSPS) is 12.5. The highest BCUT2D eigenvalue weighted by atomic mass is 127. The average molecular weight is 364 g/mol. The van der Waals surface area contributed by atoms with Gasteiger partial charge in [-0.3, -0.25) is 0 Å². The molecule has 1 aromatic rings. The SMILES string of the molecule is C=C(CC)CC(NCC)c1ccc(I)c(Cl)c1. The van der Waals surface area contributed by atoms with Crippen molar-refractivity contribution in [2.45, 2.75) is 32.7 Å². The van der Waals surface area contributed by atoms with Gasteiger partial charge in [0.15, 0.2) is 0 Å². The lowest BCUT2D eigenvalue weighted by Crippen LogP contribution is -2.21. The van der Waals surface area contributed by atoms with Crippen molar-refractivity contribution in [2.75, 3.05) is 6.54 Å². The molecule has 1 unspecified atom stereocenters. The van der Waals surface area contributed by atoms with E-state index in [0.717, 1.165) is 28.0 Å². The molecule has 0 radical (unpaired) electrons. The van der Waals surface area contributed by atoms with E-state index >= 15 is 0 Å². The van der Waals surface area contributed by atoms with Gasteiger partial charge in [-0.05, 0) is 59.7 Å². The van der Waals surface area contributed by atoms with Crippen molar-refractivity contribution in [1.29, 1.82) is 0 Å². The molecule has 0 bridgehead atoms. The van der Waals surface area contributed by atoms with Crippen LogP contribution in [-0.2, 0) is 0 Å². The molecule has 1 N–H and O–H groups in total. The molecule has 0 spiro atoms. The van der Waals surface area contributed by atoms with Gasteiger partial charge in [0.2, 0.25) is 0 Å². The Balaban J connectivity index is 2.88. The highest BCUT2D eigenvalue weighted by Crippen LogP contribution is 2.27. The zero-order valence-electron chi connectivity index (χ0n) is 10.4. The van der Waals surface area contributed by atoms with E-state index in [0.29, 0.717) is 6.04 Å². The van der Waals surface area contributed by atoms with Crippen molar-refractivity contribution in [2.24, 2.45) is 0 Å². The Kier molecular flexibility index (Phi) is 6.52. The number of nitrogens with one attached hydrogen (secondary N) is 1. The molecular weight excluding hydrogens is 345 g/mol. The molecule has 0 heterocycles. The smallest absolute Gasteiger partial charge is 0.0542 e. The summed E-state index contributed by atoms with van der Waals surface area (Å²) in [6.07, 6.45) is 2.00. The zero-order valence-corrected chi connectivity index (χ0v) is 13.3. The average Bonchev–Trinajstić information content (AvgIpc) is 2.32. The quantitative estimate of drug-likeness (QED) is 0.557. The molecule has 0 aromatic heterocycles. The summed E-state index contributed by atoms with van der Waals surface area (Å²) < 4.78 is 1.09. The lowest BCUT2D eigenvalue weighted by molar-refractivity contribution is 0.543. The van der Waals surface area contributed by atoms with Crippen LogP contribution in [0.5, 0.6) is 0 Å². The van der Waals surface area contributed by atoms with Crippen LogP contribution < -0.4 is 5.32 Å². The standard InChI is InChI=1S/C14H19ClIN/c1-4-10(3)8-14(17-5-2)11-6-7-13(16)12(15)9-11/h6-7,9,14,17H,3-5,8H2,1-2H3. The lowest BCUT2D eigenvalue weighted by atomic mass is 9.98. The van der Waals surface area contributed by atoms with Crippen LogP contribution in [0.15, 0.2) is 30.4 Å². The Labute approximate surface area is 123 Å². The second-order valence-corrected chi connectivity index (χ2v) is 5.66. The van der Waals surface area contributed by atoms with E-state index in [1.807, 2.05) is 0 Å². The maximum absolute atomic E-state index is 6.17. The first-order valence-corrected chi connectivity index (χ1v) is 7.39. The maximum Gasteiger partial charge on any atom is 0.0542 e. The maximum atomic E-state index is 6.17. The van der Waals surface area contributed by atoms with Crippen LogP contribution in [0.3, 0.4) is 0 Å². The molecule has 17 heavy (non-hydrogen) atoms. The van der Waals surface area contributed by atoms with E-state index in [9.17, 15) is 0 Å². The van der Waals surface area contributed by atoms with Crippen LogP contribution in [0.1, 0.15) is 38.3 Å². The van der Waals surface area contributed by atoms with Crippen LogP contribution in [0.25, 0.3) is 0 Å². The summed E-state index contributed by atoms with van der Waals surface area (Å²) >= 11 is 8.42. The minimum absolute atomic E-state index is 0.321. The molecule has 1 atom stereocenters. The van der Waals surface area contributed by atoms with Gasteiger partial charge in [-0.15, -0.1) is 0 Å².